The smallest absolute Gasteiger partial charge is 0.350 e. The molecule has 4 aromatic carbocycles. The molecule has 2 N–H and O–H groups in total. The summed E-state index contributed by atoms with van der Waals surface area (Å²) in [4.78, 5) is 64.1. The summed E-state index contributed by atoms with van der Waals surface area (Å²) in [5.41, 5.74) is 5.00. The second kappa shape index (κ2) is 52.7. The van der Waals surface area contributed by atoms with Gasteiger partial charge in [0.05, 0.1) is 51.8 Å². The summed E-state index contributed by atoms with van der Waals surface area (Å²) in [6.07, 6.45) is 15.6. The first-order valence-electron chi connectivity index (χ1n) is 34.4. The van der Waals surface area contributed by atoms with Gasteiger partial charge in [-0.05, 0) is 259 Å². The van der Waals surface area contributed by atoms with Crippen molar-refractivity contribution in [1.82, 2.24) is 4.90 Å². The first kappa shape index (κ1) is 90.2. The van der Waals surface area contributed by atoms with Gasteiger partial charge in [0.2, 0.25) is 0 Å². The Hall–Kier alpha value is -12.2. The maximum absolute atomic E-state index is 13.6. The van der Waals surface area contributed by atoms with Crippen LogP contribution in [0.2, 0.25) is 0 Å². The second-order valence-corrected chi connectivity index (χ2v) is 26.2. The summed E-state index contributed by atoms with van der Waals surface area (Å²) < 4.78 is 52.9. The molecule has 6 aliphatic heterocycles. The fourth-order valence-corrected chi connectivity index (χ4v) is 13.3. The minimum Gasteiger partial charge on any atom is -0.466 e. The van der Waals surface area contributed by atoms with Gasteiger partial charge in [-0.15, -0.1) is 35.5 Å². The van der Waals surface area contributed by atoms with Crippen LogP contribution in [0.5, 0.6) is 0 Å². The SMILES string of the molecule is C.C#CC#CC#CC#CC#CC.C#CC#CC#CC#CC#CC#CC#CC#CC.CCOC(C)=O.COC(=O)c1sccc1NC(C(=O)O[C@H]1CN2CCC1CC2)c1ccccc1.COC(=O)c1sccc1NC(C(=O)O[C@H]1C[N+]2(CCc3ccc(F)cc3)CCC1CC2)c1ccccc1.Fc1ccc(CCBr)cc1. The number of fused-ring (bicyclic) bond motifs is 6. The number of halogens is 3. The number of piperidine rings is 6. The highest BCUT2D eigenvalue weighted by atomic mass is 79.9. The number of rotatable bonds is 18. The molecule has 2 unspecified atom stereocenters. The number of quaternary nitrogens is 1. The van der Waals surface area contributed by atoms with Gasteiger partial charge in [-0.3, -0.25) is 9.69 Å². The van der Waals surface area contributed by atoms with Gasteiger partial charge >= 0.3 is 29.8 Å². The van der Waals surface area contributed by atoms with Crippen LogP contribution >= 0.6 is 38.6 Å². The number of alkyl halides is 1. The van der Waals surface area contributed by atoms with Crippen molar-refractivity contribution in [3.8, 4) is 155 Å². The predicted molar refractivity (Wildman–Crippen MR) is 436 cm³/mol. The third-order valence-corrected chi connectivity index (χ3v) is 18.7. The Morgan fingerprint density at radius 2 is 0.927 bits per heavy atom. The molecular formula is C91H84BrF2N4O10S2+. The van der Waals surface area contributed by atoms with Crippen LogP contribution in [0.3, 0.4) is 0 Å². The predicted octanol–water partition coefficient (Wildman–Crippen LogP) is 13.8. The molecule has 0 radical (unpaired) electrons. The molecule has 19 heteroatoms. The standard InChI is InChI=1S/C29H31FN2O4S.C21H24N2O4S.C17H4.C11H4.C8H8BrF.C4H8O2.CH4/c1-35-29(34)27-24(14-18-37-27)31-26(22-5-3-2-4-6-22)28(33)36-25-19-32(16-12-21(25)13-17-32)15-11-20-7-9-23(30)10-8-20;1-26-21(25)19-16(9-12-28-19)22-18(15-5-3-2-4-6-15)20(24)27-17-13-23-10-7-14(17)8-11-23;1-3-5-7-9-11-13-15-17-16-14-12-10-8-6-4-2;1-3-5-7-9-11-10-8-6-4-2;9-6-5-7-1-3-8(10)4-2-7;1-3-6-4(2)5;/h2-10,14,18,21,25-26H,11-13,15-17,19H2,1H3;2-6,9,12,14,17-18,22H,7-8,10-11,13H2,1H3;1H,2H3;1H,2H3;1-4H,5-6H2;3H2,1-2H3;1H4/p+1/t21?,25-,26?,32?;17-,18?;;;;;/m00...../s1. The minimum absolute atomic E-state index is 0. The summed E-state index contributed by atoms with van der Waals surface area (Å²) in [5.74, 6) is 57.5. The van der Waals surface area contributed by atoms with Crippen LogP contribution in [0.4, 0.5) is 20.2 Å². The van der Waals surface area contributed by atoms with E-state index >= 15 is 0 Å². The number of carbonyl (C=O) groups is 5. The van der Waals surface area contributed by atoms with Crippen LogP contribution < -0.4 is 10.6 Å². The fourth-order valence-electron chi connectivity index (χ4n) is 11.3. The van der Waals surface area contributed by atoms with Crippen molar-refractivity contribution in [1.29, 1.82) is 0 Å². The molecule has 560 valence electrons. The average Bonchev–Trinajstić information content (AvgIpc) is 0.794. The van der Waals surface area contributed by atoms with E-state index < -0.39 is 24.0 Å². The van der Waals surface area contributed by atoms with Gasteiger partial charge in [0.1, 0.15) is 34.0 Å². The van der Waals surface area contributed by atoms with E-state index in [9.17, 15) is 32.8 Å². The third-order valence-electron chi connectivity index (χ3n) is 16.5. The quantitative estimate of drug-likeness (QED) is 0.0276. The highest BCUT2D eigenvalue weighted by Gasteiger charge is 2.48. The van der Waals surface area contributed by atoms with Crippen molar-refractivity contribution >= 4 is 79.8 Å². The van der Waals surface area contributed by atoms with E-state index in [1.54, 1.807) is 55.8 Å². The maximum Gasteiger partial charge on any atom is 0.350 e. The van der Waals surface area contributed by atoms with Gasteiger partial charge < -0.3 is 38.8 Å². The zero-order valence-corrected chi connectivity index (χ0v) is 64.6. The van der Waals surface area contributed by atoms with Crippen molar-refractivity contribution in [3.63, 3.8) is 0 Å². The molecule has 6 aromatic rings. The molecule has 4 bridgehead atoms. The van der Waals surface area contributed by atoms with E-state index in [-0.39, 0.29) is 49.2 Å². The lowest BCUT2D eigenvalue weighted by Crippen LogP contribution is -2.65. The van der Waals surface area contributed by atoms with Crippen LogP contribution in [-0.4, -0.2) is 123 Å². The lowest BCUT2D eigenvalue weighted by molar-refractivity contribution is -0.946. The lowest BCUT2D eigenvalue weighted by Gasteiger charge is -2.52. The van der Waals surface area contributed by atoms with Crippen molar-refractivity contribution in [2.24, 2.45) is 11.8 Å². The Morgan fingerprint density at radius 1 is 0.545 bits per heavy atom. The summed E-state index contributed by atoms with van der Waals surface area (Å²) in [7, 11) is 2.69. The molecule has 0 spiro atoms. The van der Waals surface area contributed by atoms with E-state index in [0.29, 0.717) is 39.6 Å². The number of nitrogens with one attached hydrogen (secondary N) is 2. The average molecular weight is 1580 g/mol. The summed E-state index contributed by atoms with van der Waals surface area (Å²) >= 11 is 5.86. The summed E-state index contributed by atoms with van der Waals surface area (Å²) in [5, 5.41) is 11.0. The molecule has 110 heavy (non-hydrogen) atoms. The van der Waals surface area contributed by atoms with Crippen molar-refractivity contribution in [2.45, 2.75) is 97.9 Å². The molecule has 8 heterocycles. The van der Waals surface area contributed by atoms with Crippen LogP contribution in [0.25, 0.3) is 0 Å². The Bertz CT molecular complexity index is 4860. The van der Waals surface area contributed by atoms with E-state index in [1.165, 1.54) is 73.6 Å². The number of hydrogen-bond donors (Lipinski definition) is 2. The number of methoxy groups -OCH3 is 2. The number of ether oxygens (including phenoxy) is 5. The number of carbonyl (C=O) groups excluding carboxylic acids is 5. The van der Waals surface area contributed by atoms with Gasteiger partial charge in [0.15, 0.2) is 18.2 Å². The Balaban J connectivity index is 0.000000308. The van der Waals surface area contributed by atoms with Crippen molar-refractivity contribution in [2.75, 3.05) is 82.6 Å². The van der Waals surface area contributed by atoms with E-state index in [0.717, 1.165) is 111 Å². The van der Waals surface area contributed by atoms with Crippen LogP contribution in [0.15, 0.2) is 132 Å². The van der Waals surface area contributed by atoms with Gasteiger partial charge in [0, 0.05) is 44.0 Å². The number of esters is 5. The molecule has 0 amide bonds. The summed E-state index contributed by atoms with van der Waals surface area (Å²) in [6.45, 7) is 14.0. The monoisotopic (exact) mass is 1570 g/mol. The minimum atomic E-state index is -0.748. The fraction of sp³-hybridized carbons (Fsp3) is 0.308. The molecule has 4 atom stereocenters. The molecule has 2 aromatic heterocycles. The number of thiophene rings is 2. The molecule has 6 saturated heterocycles. The van der Waals surface area contributed by atoms with Gasteiger partial charge in [0.25, 0.3) is 0 Å². The maximum atomic E-state index is 13.6. The zero-order valence-electron chi connectivity index (χ0n) is 61.4. The van der Waals surface area contributed by atoms with Gasteiger partial charge in [-0.2, -0.15) is 0 Å². The molecule has 0 saturated carbocycles. The van der Waals surface area contributed by atoms with Gasteiger partial charge in [-0.25, -0.2) is 28.0 Å². The molecule has 0 aliphatic carbocycles. The second-order valence-electron chi connectivity index (χ2n) is 23.6. The van der Waals surface area contributed by atoms with E-state index in [2.05, 4.69) is 178 Å². The lowest BCUT2D eigenvalue weighted by atomic mass is 9.83. The van der Waals surface area contributed by atoms with Crippen LogP contribution in [0.1, 0.15) is 114 Å². The number of hydrogen-bond acceptors (Lipinski definition) is 15. The number of nitrogens with zero attached hydrogens (tertiary/aromatic N) is 2. The molecule has 12 rings (SSSR count). The van der Waals surface area contributed by atoms with Gasteiger partial charge in [-0.1, -0.05) is 120 Å². The third kappa shape index (κ3) is 33.3. The molecule has 6 fully saturated rings. The largest absolute Gasteiger partial charge is 0.466 e. The number of aryl methyl sites for hydroxylation is 1. The molecular weight excluding hydrogens is 1490 g/mol. The van der Waals surface area contributed by atoms with Crippen LogP contribution in [0, 0.1) is 178 Å². The number of anilines is 2. The molecule has 14 nitrogen and oxygen atoms in total. The van der Waals surface area contributed by atoms with Crippen molar-refractivity contribution < 1.29 is 60.9 Å². The highest BCUT2D eigenvalue weighted by molar-refractivity contribution is 9.09. The summed E-state index contributed by atoms with van der Waals surface area (Å²) in [6, 6.07) is 34.3. The molecule has 6 aliphatic rings. The Labute approximate surface area is 664 Å². The Kier molecular flexibility index (Phi) is 43.2. The zero-order chi connectivity index (χ0) is 78.7. The number of terminal acetylenes is 2. The topological polar surface area (TPSA) is 159 Å². The van der Waals surface area contributed by atoms with Crippen LogP contribution in [-0.2, 0) is 50.9 Å². The Morgan fingerprint density at radius 3 is 1.27 bits per heavy atom. The highest BCUT2D eigenvalue weighted by Crippen LogP contribution is 2.38. The van der Waals surface area contributed by atoms with E-state index in [1.807, 2.05) is 72.8 Å². The first-order valence-corrected chi connectivity index (χ1v) is 37.3. The number of benzene rings is 4. The normalized spacial score (nSPS) is 16.3. The first-order chi connectivity index (χ1) is 53.0. The van der Waals surface area contributed by atoms with E-state index in [4.69, 9.17) is 31.8 Å². The van der Waals surface area contributed by atoms with Crippen molar-refractivity contribution in [3.05, 3.63) is 176 Å².